The van der Waals surface area contributed by atoms with Crippen LogP contribution in [0.1, 0.15) is 38.5 Å². The van der Waals surface area contributed by atoms with E-state index in [9.17, 15) is 9.70 Å². The number of hydrogen-bond acceptors (Lipinski definition) is 5. The Hall–Kier alpha value is -0.970. The van der Waals surface area contributed by atoms with Crippen molar-refractivity contribution in [2.24, 2.45) is 16.8 Å². The van der Waals surface area contributed by atoms with Crippen molar-refractivity contribution in [2.75, 3.05) is 13.7 Å². The molecule has 0 spiro atoms. The van der Waals surface area contributed by atoms with E-state index >= 15 is 0 Å². The molecule has 1 aliphatic rings. The fourth-order valence-electron chi connectivity index (χ4n) is 2.44. The molecule has 5 nitrogen and oxygen atoms in total. The molecule has 16 heavy (non-hydrogen) atoms. The second kappa shape index (κ2) is 5.94. The summed E-state index contributed by atoms with van der Waals surface area (Å²) in [4.78, 5) is 21.9. The van der Waals surface area contributed by atoms with E-state index in [4.69, 9.17) is 5.73 Å². The molecule has 1 saturated carbocycles. The van der Waals surface area contributed by atoms with Crippen LogP contribution >= 0.6 is 0 Å². The van der Waals surface area contributed by atoms with Crippen molar-refractivity contribution < 1.29 is 9.53 Å². The lowest BCUT2D eigenvalue weighted by atomic mass is 9.79. The number of esters is 1. The lowest BCUT2D eigenvalue weighted by molar-refractivity contribution is -0.147. The molecule has 0 aliphatic heterocycles. The van der Waals surface area contributed by atoms with Crippen molar-refractivity contribution in [1.82, 2.24) is 0 Å². The maximum Gasteiger partial charge on any atom is 0.327 e. The average Bonchev–Trinajstić information content (AvgIpc) is 2.29. The minimum Gasteiger partial charge on any atom is -0.468 e. The second-order valence-corrected chi connectivity index (χ2v) is 4.64. The summed E-state index contributed by atoms with van der Waals surface area (Å²) in [5.74, 6) is -0.114. The highest BCUT2D eigenvalue weighted by Gasteiger charge is 2.38. The fourth-order valence-corrected chi connectivity index (χ4v) is 2.44. The zero-order valence-corrected chi connectivity index (χ0v) is 9.78. The predicted molar refractivity (Wildman–Crippen MR) is 60.8 cm³/mol. The number of nitroso groups, excluding NO2 is 1. The van der Waals surface area contributed by atoms with E-state index in [0.29, 0.717) is 12.3 Å². The van der Waals surface area contributed by atoms with Gasteiger partial charge in [0.25, 0.3) is 0 Å². The van der Waals surface area contributed by atoms with Gasteiger partial charge >= 0.3 is 5.97 Å². The third kappa shape index (κ3) is 3.27. The van der Waals surface area contributed by atoms with Crippen LogP contribution in [-0.2, 0) is 9.53 Å². The van der Waals surface area contributed by atoms with Crippen molar-refractivity contribution in [1.29, 1.82) is 0 Å². The average molecular weight is 228 g/mol. The quantitative estimate of drug-likeness (QED) is 0.572. The van der Waals surface area contributed by atoms with Gasteiger partial charge in [-0.05, 0) is 12.3 Å². The zero-order valence-electron chi connectivity index (χ0n) is 9.78. The lowest BCUT2D eigenvalue weighted by Crippen LogP contribution is -2.52. The largest absolute Gasteiger partial charge is 0.468 e. The molecular weight excluding hydrogens is 208 g/mol. The minimum absolute atomic E-state index is 0.198. The summed E-state index contributed by atoms with van der Waals surface area (Å²) in [5, 5.41) is 2.77. The van der Waals surface area contributed by atoms with Gasteiger partial charge in [0, 0.05) is 0 Å². The van der Waals surface area contributed by atoms with Crippen LogP contribution in [0.5, 0.6) is 0 Å². The van der Waals surface area contributed by atoms with Crippen molar-refractivity contribution in [3.63, 3.8) is 0 Å². The summed E-state index contributed by atoms with van der Waals surface area (Å²) in [6.07, 6.45) is 6.26. The number of nitrogens with zero attached hydrogens (tertiary/aromatic N) is 1. The molecule has 0 aromatic heterocycles. The van der Waals surface area contributed by atoms with Crippen LogP contribution in [0.4, 0.5) is 0 Å². The SMILES string of the molecule is COC(=O)C(N)(CN=O)CC1CCCCC1. The molecule has 1 aliphatic carbocycles. The van der Waals surface area contributed by atoms with Gasteiger partial charge in [-0.25, -0.2) is 4.79 Å². The van der Waals surface area contributed by atoms with Crippen molar-refractivity contribution in [2.45, 2.75) is 44.1 Å². The summed E-state index contributed by atoms with van der Waals surface area (Å²) in [6, 6.07) is 0. The maximum atomic E-state index is 11.6. The van der Waals surface area contributed by atoms with Crippen LogP contribution in [0, 0.1) is 10.8 Å². The first kappa shape index (κ1) is 13.1. The summed E-state index contributed by atoms with van der Waals surface area (Å²) in [5.41, 5.74) is 4.70. The number of hydrogen-bond donors (Lipinski definition) is 1. The third-order valence-corrected chi connectivity index (χ3v) is 3.32. The first-order valence-corrected chi connectivity index (χ1v) is 5.79. The molecule has 0 aromatic rings. The molecule has 92 valence electrons. The second-order valence-electron chi connectivity index (χ2n) is 4.64. The van der Waals surface area contributed by atoms with E-state index in [1.165, 1.54) is 26.4 Å². The molecule has 1 rings (SSSR count). The maximum absolute atomic E-state index is 11.6. The molecule has 1 fully saturated rings. The number of nitrogens with two attached hydrogens (primary N) is 1. The zero-order chi connectivity index (χ0) is 12.0. The van der Waals surface area contributed by atoms with Gasteiger partial charge in [0.1, 0.15) is 12.1 Å². The normalized spacial score (nSPS) is 21.1. The molecule has 0 radical (unpaired) electrons. The highest BCUT2D eigenvalue weighted by atomic mass is 16.5. The Morgan fingerprint density at radius 3 is 2.56 bits per heavy atom. The summed E-state index contributed by atoms with van der Waals surface area (Å²) < 4.78 is 4.65. The van der Waals surface area contributed by atoms with Gasteiger partial charge in [0.05, 0.1) is 7.11 Å². The Morgan fingerprint density at radius 1 is 1.44 bits per heavy atom. The Bertz CT molecular complexity index is 252. The van der Waals surface area contributed by atoms with Crippen molar-refractivity contribution in [3.8, 4) is 0 Å². The van der Waals surface area contributed by atoms with E-state index in [-0.39, 0.29) is 6.54 Å². The van der Waals surface area contributed by atoms with E-state index in [2.05, 4.69) is 9.91 Å². The molecule has 5 heteroatoms. The van der Waals surface area contributed by atoms with E-state index in [1.54, 1.807) is 0 Å². The third-order valence-electron chi connectivity index (χ3n) is 3.32. The Morgan fingerprint density at radius 2 is 2.06 bits per heavy atom. The first-order chi connectivity index (χ1) is 7.62. The van der Waals surface area contributed by atoms with Gasteiger partial charge in [0.2, 0.25) is 0 Å². The molecule has 0 aromatic carbocycles. The highest BCUT2D eigenvalue weighted by molar-refractivity contribution is 5.80. The fraction of sp³-hybridized carbons (Fsp3) is 0.909. The number of methoxy groups -OCH3 is 1. The van der Waals surface area contributed by atoms with Crippen LogP contribution in [-0.4, -0.2) is 25.2 Å². The van der Waals surface area contributed by atoms with E-state index in [0.717, 1.165) is 12.8 Å². The highest BCUT2D eigenvalue weighted by Crippen LogP contribution is 2.30. The molecule has 0 heterocycles. The molecule has 1 unspecified atom stereocenters. The number of rotatable bonds is 5. The monoisotopic (exact) mass is 228 g/mol. The van der Waals surface area contributed by atoms with Gasteiger partial charge < -0.3 is 10.5 Å². The van der Waals surface area contributed by atoms with Crippen LogP contribution in [0.2, 0.25) is 0 Å². The molecule has 1 atom stereocenters. The van der Waals surface area contributed by atoms with Crippen LogP contribution < -0.4 is 5.73 Å². The smallest absolute Gasteiger partial charge is 0.327 e. The van der Waals surface area contributed by atoms with Gasteiger partial charge in [-0.3, -0.25) is 0 Å². The molecule has 0 bridgehead atoms. The van der Waals surface area contributed by atoms with E-state index < -0.39 is 11.5 Å². The Kier molecular flexibility index (Phi) is 4.86. The van der Waals surface area contributed by atoms with Crippen molar-refractivity contribution >= 4 is 5.97 Å². The Labute approximate surface area is 95.7 Å². The summed E-state index contributed by atoms with van der Waals surface area (Å²) in [6.45, 7) is -0.198. The van der Waals surface area contributed by atoms with Gasteiger partial charge in [-0.15, -0.1) is 0 Å². The predicted octanol–water partition coefficient (Wildman–Crippen LogP) is 1.59. The molecule has 2 N–H and O–H groups in total. The van der Waals surface area contributed by atoms with Crippen molar-refractivity contribution in [3.05, 3.63) is 4.91 Å². The molecular formula is C11H20N2O3. The van der Waals surface area contributed by atoms with Gasteiger partial charge in [-0.2, -0.15) is 4.91 Å². The molecule has 0 amide bonds. The number of carbonyl (C=O) groups excluding carboxylic acids is 1. The van der Waals surface area contributed by atoms with Crippen LogP contribution in [0.3, 0.4) is 0 Å². The van der Waals surface area contributed by atoms with Gasteiger partial charge in [-0.1, -0.05) is 37.3 Å². The Balaban J connectivity index is 2.61. The van der Waals surface area contributed by atoms with Crippen LogP contribution in [0.25, 0.3) is 0 Å². The number of carbonyl (C=O) groups is 1. The topological polar surface area (TPSA) is 81.8 Å². The molecule has 0 saturated heterocycles. The van der Waals surface area contributed by atoms with Gasteiger partial charge in [0.15, 0.2) is 0 Å². The standard InChI is InChI=1S/C11H20N2O3/c1-16-10(14)11(12,8-13-15)7-9-5-3-2-4-6-9/h9H,2-8,12H2,1H3. The van der Waals surface area contributed by atoms with Crippen LogP contribution in [0.15, 0.2) is 5.18 Å². The number of ether oxygens (including phenoxy) is 1. The van der Waals surface area contributed by atoms with E-state index in [1.807, 2.05) is 0 Å². The first-order valence-electron chi connectivity index (χ1n) is 5.79. The summed E-state index contributed by atoms with van der Waals surface area (Å²) >= 11 is 0. The minimum atomic E-state index is -1.22. The summed E-state index contributed by atoms with van der Waals surface area (Å²) in [7, 11) is 1.29. The lowest BCUT2D eigenvalue weighted by Gasteiger charge is -2.30.